The summed E-state index contributed by atoms with van der Waals surface area (Å²) in [6.07, 6.45) is 5.24. The highest BCUT2D eigenvalue weighted by atomic mass is 19.1. The van der Waals surface area contributed by atoms with Crippen LogP contribution in [0.2, 0.25) is 0 Å². The molecule has 0 bridgehead atoms. The van der Waals surface area contributed by atoms with Gasteiger partial charge in [0.25, 0.3) is 0 Å². The van der Waals surface area contributed by atoms with E-state index >= 15 is 0 Å². The van der Waals surface area contributed by atoms with Crippen LogP contribution in [0, 0.1) is 5.82 Å². The number of nitrogens with zero attached hydrogens (tertiary/aromatic N) is 4. The highest BCUT2D eigenvalue weighted by molar-refractivity contribution is 5.78. The summed E-state index contributed by atoms with van der Waals surface area (Å²) in [5.41, 5.74) is 3.02. The van der Waals surface area contributed by atoms with Crippen LogP contribution in [0.5, 0.6) is 5.75 Å². The number of aromatic nitrogens is 4. The number of halogens is 1. The minimum atomic E-state index is -0.313. The summed E-state index contributed by atoms with van der Waals surface area (Å²) in [4.78, 5) is 13.5. The van der Waals surface area contributed by atoms with E-state index in [-0.39, 0.29) is 5.82 Å². The van der Waals surface area contributed by atoms with Crippen molar-refractivity contribution < 1.29 is 9.13 Å². The van der Waals surface area contributed by atoms with Crippen LogP contribution in [0.15, 0.2) is 67.1 Å². The molecule has 4 aromatic rings. The van der Waals surface area contributed by atoms with Crippen LogP contribution in [0.3, 0.4) is 0 Å². The second-order valence-corrected chi connectivity index (χ2v) is 6.49. The molecule has 2 aromatic heterocycles. The number of methoxy groups -OCH3 is 1. The maximum Gasteiger partial charge on any atom is 0.223 e. The van der Waals surface area contributed by atoms with Crippen molar-refractivity contribution in [3.8, 4) is 28.4 Å². The maximum absolute atomic E-state index is 13.8. The van der Waals surface area contributed by atoms with Gasteiger partial charge in [-0.3, -0.25) is 0 Å². The Kier molecular flexibility index (Phi) is 5.20. The molecule has 146 valence electrons. The summed E-state index contributed by atoms with van der Waals surface area (Å²) < 4.78 is 21.0. The number of nitrogens with one attached hydrogen (secondary N) is 1. The van der Waals surface area contributed by atoms with Gasteiger partial charge in [-0.2, -0.15) is 0 Å². The number of imidazole rings is 1. The van der Waals surface area contributed by atoms with E-state index in [1.54, 1.807) is 25.6 Å². The molecule has 0 amide bonds. The Morgan fingerprint density at radius 1 is 1.10 bits per heavy atom. The minimum absolute atomic E-state index is 0.313. The van der Waals surface area contributed by atoms with Gasteiger partial charge < -0.3 is 14.6 Å². The fourth-order valence-electron chi connectivity index (χ4n) is 3.12. The predicted molar refractivity (Wildman–Crippen MR) is 110 cm³/mol. The van der Waals surface area contributed by atoms with Gasteiger partial charge in [-0.1, -0.05) is 30.3 Å². The Morgan fingerprint density at radius 3 is 2.72 bits per heavy atom. The van der Waals surface area contributed by atoms with Crippen LogP contribution in [-0.2, 0) is 13.6 Å². The highest BCUT2D eigenvalue weighted by Crippen LogP contribution is 2.30. The molecule has 0 saturated carbocycles. The summed E-state index contributed by atoms with van der Waals surface area (Å²) in [5, 5.41) is 3.23. The molecule has 29 heavy (non-hydrogen) atoms. The summed E-state index contributed by atoms with van der Waals surface area (Å²) >= 11 is 0. The number of rotatable bonds is 6. The zero-order valence-electron chi connectivity index (χ0n) is 16.1. The molecule has 0 radical (unpaired) electrons. The molecule has 1 N–H and O–H groups in total. The zero-order valence-corrected chi connectivity index (χ0v) is 16.1. The van der Waals surface area contributed by atoms with Crippen molar-refractivity contribution in [3.05, 3.63) is 78.5 Å². The Morgan fingerprint density at radius 2 is 1.97 bits per heavy atom. The summed E-state index contributed by atoms with van der Waals surface area (Å²) in [6, 6.07) is 14.1. The van der Waals surface area contributed by atoms with E-state index in [1.807, 2.05) is 48.1 Å². The van der Waals surface area contributed by atoms with Gasteiger partial charge in [-0.15, -0.1) is 0 Å². The third-order valence-corrected chi connectivity index (χ3v) is 4.59. The van der Waals surface area contributed by atoms with Crippen molar-refractivity contribution in [1.82, 2.24) is 19.5 Å². The minimum Gasteiger partial charge on any atom is -0.496 e. The molecule has 6 nitrogen and oxygen atoms in total. The first-order valence-corrected chi connectivity index (χ1v) is 9.12. The van der Waals surface area contributed by atoms with Gasteiger partial charge in [0, 0.05) is 43.3 Å². The lowest BCUT2D eigenvalue weighted by atomic mass is 10.1. The predicted octanol–water partition coefficient (Wildman–Crippen LogP) is 4.30. The van der Waals surface area contributed by atoms with Crippen LogP contribution in [-0.4, -0.2) is 26.6 Å². The van der Waals surface area contributed by atoms with E-state index in [1.165, 1.54) is 12.1 Å². The quantitative estimate of drug-likeness (QED) is 0.533. The van der Waals surface area contributed by atoms with E-state index in [4.69, 9.17) is 4.74 Å². The maximum atomic E-state index is 13.8. The van der Waals surface area contributed by atoms with E-state index in [0.29, 0.717) is 35.1 Å². The Balaban J connectivity index is 1.71. The van der Waals surface area contributed by atoms with E-state index in [9.17, 15) is 4.39 Å². The molecule has 0 spiro atoms. The molecule has 4 rings (SSSR count). The number of hydrogen-bond acceptors (Lipinski definition) is 5. The summed E-state index contributed by atoms with van der Waals surface area (Å²) in [6.45, 7) is 0.503. The van der Waals surface area contributed by atoms with Gasteiger partial charge >= 0.3 is 0 Å². The third-order valence-electron chi connectivity index (χ3n) is 4.59. The van der Waals surface area contributed by atoms with Crippen LogP contribution in [0.4, 0.5) is 10.3 Å². The largest absolute Gasteiger partial charge is 0.496 e. The molecule has 0 aliphatic rings. The van der Waals surface area contributed by atoms with Crippen LogP contribution in [0.25, 0.3) is 22.6 Å². The van der Waals surface area contributed by atoms with Crippen LogP contribution >= 0.6 is 0 Å². The van der Waals surface area contributed by atoms with E-state index in [2.05, 4.69) is 20.3 Å². The van der Waals surface area contributed by atoms with E-state index < -0.39 is 0 Å². The zero-order chi connectivity index (χ0) is 20.2. The second kappa shape index (κ2) is 8.10. The Labute approximate surface area is 168 Å². The molecule has 0 fully saturated rings. The topological polar surface area (TPSA) is 64.9 Å². The van der Waals surface area contributed by atoms with Gasteiger partial charge in [-0.25, -0.2) is 19.3 Å². The average Bonchev–Trinajstić information content (AvgIpc) is 3.18. The number of para-hydroxylation sites is 1. The normalized spacial score (nSPS) is 10.7. The lowest BCUT2D eigenvalue weighted by molar-refractivity contribution is 0.410. The SMILES string of the molecule is COc1ccccc1CNc1ncc(-c2cccc(F)c2)c(-c2nccn2C)n1. The molecular weight excluding hydrogens is 369 g/mol. The van der Waals surface area contributed by atoms with Crippen LogP contribution in [0.1, 0.15) is 5.56 Å². The van der Waals surface area contributed by atoms with Gasteiger partial charge in [0.15, 0.2) is 5.82 Å². The van der Waals surface area contributed by atoms with Gasteiger partial charge in [-0.05, 0) is 23.8 Å². The van der Waals surface area contributed by atoms with Crippen molar-refractivity contribution in [3.63, 3.8) is 0 Å². The van der Waals surface area contributed by atoms with Crippen molar-refractivity contribution in [1.29, 1.82) is 0 Å². The van der Waals surface area contributed by atoms with Gasteiger partial charge in [0.2, 0.25) is 5.95 Å². The molecule has 0 atom stereocenters. The van der Waals surface area contributed by atoms with Gasteiger partial charge in [0.05, 0.1) is 7.11 Å². The Bertz CT molecular complexity index is 1140. The molecule has 2 heterocycles. The van der Waals surface area contributed by atoms with Crippen molar-refractivity contribution >= 4 is 5.95 Å². The lowest BCUT2D eigenvalue weighted by Gasteiger charge is -2.13. The second-order valence-electron chi connectivity index (χ2n) is 6.49. The molecule has 7 heteroatoms. The summed E-state index contributed by atoms with van der Waals surface area (Å²) in [7, 11) is 3.53. The first-order valence-electron chi connectivity index (χ1n) is 9.12. The first kappa shape index (κ1) is 18.6. The first-order chi connectivity index (χ1) is 14.2. The number of aryl methyl sites for hydroxylation is 1. The van der Waals surface area contributed by atoms with E-state index in [0.717, 1.165) is 11.3 Å². The van der Waals surface area contributed by atoms with Crippen molar-refractivity contribution in [2.24, 2.45) is 7.05 Å². The molecule has 0 aliphatic heterocycles. The monoisotopic (exact) mass is 389 g/mol. The highest BCUT2D eigenvalue weighted by Gasteiger charge is 2.16. The fourth-order valence-corrected chi connectivity index (χ4v) is 3.12. The number of anilines is 1. The molecule has 0 aliphatic carbocycles. The average molecular weight is 389 g/mol. The lowest BCUT2D eigenvalue weighted by Crippen LogP contribution is -2.07. The fraction of sp³-hybridized carbons (Fsp3) is 0.136. The molecule has 2 aromatic carbocycles. The number of ether oxygens (including phenoxy) is 1. The van der Waals surface area contributed by atoms with Crippen molar-refractivity contribution in [2.45, 2.75) is 6.54 Å². The van der Waals surface area contributed by atoms with Crippen LogP contribution < -0.4 is 10.1 Å². The standard InChI is InChI=1S/C22H20FN5O/c1-28-11-10-24-21(28)20-18(15-7-5-8-17(23)12-15)14-26-22(27-20)25-13-16-6-3-4-9-19(16)29-2/h3-12,14H,13H2,1-2H3,(H,25,26,27). The van der Waals surface area contributed by atoms with Crippen molar-refractivity contribution in [2.75, 3.05) is 12.4 Å². The molecular formula is C22H20FN5O. The van der Waals surface area contributed by atoms with Gasteiger partial charge in [0.1, 0.15) is 17.3 Å². The molecule has 0 saturated heterocycles. The number of hydrogen-bond donors (Lipinski definition) is 1. The number of benzene rings is 2. The Hall–Kier alpha value is -3.74. The smallest absolute Gasteiger partial charge is 0.223 e. The summed E-state index contributed by atoms with van der Waals surface area (Å²) in [5.74, 6) is 1.61. The molecule has 0 unspecified atom stereocenters. The third kappa shape index (κ3) is 3.94.